The summed E-state index contributed by atoms with van der Waals surface area (Å²) in [6, 6.07) is 0.639. The zero-order valence-corrected chi connectivity index (χ0v) is 8.89. The predicted octanol–water partition coefficient (Wildman–Crippen LogP) is 1.76. The first-order valence-corrected chi connectivity index (χ1v) is 5.10. The van der Waals surface area contributed by atoms with Crippen molar-refractivity contribution in [2.24, 2.45) is 0 Å². The molecule has 1 aliphatic heterocycles. The van der Waals surface area contributed by atoms with Crippen LogP contribution in [0.3, 0.4) is 0 Å². The third-order valence-electron chi connectivity index (χ3n) is 2.87. The van der Waals surface area contributed by atoms with Crippen molar-refractivity contribution in [1.29, 1.82) is 0 Å². The standard InChI is InChI=1S/C11H13F2NO2/c1-16-11-8(13)4-7(12)10(15)9(11)6-2-3-14-5-6/h4,6,14-15H,2-3,5H2,1H3. The van der Waals surface area contributed by atoms with E-state index in [9.17, 15) is 13.9 Å². The fourth-order valence-electron chi connectivity index (χ4n) is 2.10. The van der Waals surface area contributed by atoms with E-state index in [0.717, 1.165) is 13.0 Å². The number of ether oxygens (including phenoxy) is 1. The Morgan fingerprint density at radius 1 is 1.44 bits per heavy atom. The number of benzene rings is 1. The Kier molecular flexibility index (Phi) is 2.96. The molecule has 0 radical (unpaired) electrons. The molecule has 1 unspecified atom stereocenters. The van der Waals surface area contributed by atoms with Gasteiger partial charge in [-0.3, -0.25) is 0 Å². The molecule has 1 aliphatic rings. The van der Waals surface area contributed by atoms with Crippen LogP contribution >= 0.6 is 0 Å². The van der Waals surface area contributed by atoms with Crippen LogP contribution in [-0.4, -0.2) is 25.3 Å². The number of hydrogen-bond acceptors (Lipinski definition) is 3. The molecule has 1 saturated heterocycles. The van der Waals surface area contributed by atoms with E-state index in [1.807, 2.05) is 0 Å². The molecular formula is C11H13F2NO2. The van der Waals surface area contributed by atoms with Crippen LogP contribution in [0, 0.1) is 11.6 Å². The molecule has 1 aromatic carbocycles. The summed E-state index contributed by atoms with van der Waals surface area (Å²) in [7, 11) is 1.31. The number of aromatic hydroxyl groups is 1. The molecule has 0 aromatic heterocycles. The highest BCUT2D eigenvalue weighted by Gasteiger charge is 2.28. The lowest BCUT2D eigenvalue weighted by molar-refractivity contribution is 0.357. The third kappa shape index (κ3) is 1.71. The average Bonchev–Trinajstić information content (AvgIpc) is 2.76. The molecule has 3 nitrogen and oxygen atoms in total. The second-order valence-electron chi connectivity index (χ2n) is 3.83. The molecule has 16 heavy (non-hydrogen) atoms. The molecule has 0 spiro atoms. The van der Waals surface area contributed by atoms with Gasteiger partial charge in [0.15, 0.2) is 23.1 Å². The Morgan fingerprint density at radius 2 is 2.19 bits per heavy atom. The minimum Gasteiger partial charge on any atom is -0.505 e. The van der Waals surface area contributed by atoms with E-state index in [-0.39, 0.29) is 17.2 Å². The van der Waals surface area contributed by atoms with Crippen molar-refractivity contribution in [2.45, 2.75) is 12.3 Å². The predicted molar refractivity (Wildman–Crippen MR) is 54.8 cm³/mol. The van der Waals surface area contributed by atoms with E-state index in [1.54, 1.807) is 0 Å². The fraction of sp³-hybridized carbons (Fsp3) is 0.455. The van der Waals surface area contributed by atoms with Gasteiger partial charge in [-0.2, -0.15) is 0 Å². The first-order chi connectivity index (χ1) is 7.65. The molecular weight excluding hydrogens is 216 g/mol. The first-order valence-electron chi connectivity index (χ1n) is 5.10. The van der Waals surface area contributed by atoms with Crippen molar-refractivity contribution in [1.82, 2.24) is 5.32 Å². The lowest BCUT2D eigenvalue weighted by Gasteiger charge is -2.16. The van der Waals surface area contributed by atoms with Crippen LogP contribution in [0.15, 0.2) is 6.07 Å². The van der Waals surface area contributed by atoms with Gasteiger partial charge in [-0.25, -0.2) is 8.78 Å². The number of phenolic OH excluding ortho intramolecular Hbond substituents is 1. The van der Waals surface area contributed by atoms with Crippen LogP contribution in [0.25, 0.3) is 0 Å². The lowest BCUT2D eigenvalue weighted by Crippen LogP contribution is -2.10. The van der Waals surface area contributed by atoms with Gasteiger partial charge in [-0.1, -0.05) is 0 Å². The van der Waals surface area contributed by atoms with Gasteiger partial charge >= 0.3 is 0 Å². The summed E-state index contributed by atoms with van der Waals surface area (Å²) in [5.74, 6) is -2.40. The van der Waals surface area contributed by atoms with Crippen molar-refractivity contribution >= 4 is 0 Å². The normalized spacial score (nSPS) is 20.1. The molecule has 1 fully saturated rings. The Bertz CT molecular complexity index is 403. The summed E-state index contributed by atoms with van der Waals surface area (Å²) in [5.41, 5.74) is 0.227. The second kappa shape index (κ2) is 4.25. The first kappa shape index (κ1) is 11.1. The lowest BCUT2D eigenvalue weighted by atomic mass is 9.96. The molecule has 2 rings (SSSR count). The van der Waals surface area contributed by atoms with Gasteiger partial charge in [0.05, 0.1) is 7.11 Å². The summed E-state index contributed by atoms with van der Waals surface area (Å²) < 4.78 is 31.6. The van der Waals surface area contributed by atoms with Crippen molar-refractivity contribution in [3.05, 3.63) is 23.3 Å². The summed E-state index contributed by atoms with van der Waals surface area (Å²) in [4.78, 5) is 0. The van der Waals surface area contributed by atoms with Crippen LogP contribution in [0.1, 0.15) is 17.9 Å². The molecule has 0 aliphatic carbocycles. The maximum atomic E-state index is 13.4. The average molecular weight is 229 g/mol. The molecule has 0 amide bonds. The van der Waals surface area contributed by atoms with Crippen LogP contribution in [0.2, 0.25) is 0 Å². The van der Waals surface area contributed by atoms with Crippen molar-refractivity contribution in [2.75, 3.05) is 20.2 Å². The Hall–Kier alpha value is -1.36. The van der Waals surface area contributed by atoms with Gasteiger partial charge in [0.25, 0.3) is 0 Å². The van der Waals surface area contributed by atoms with Crippen LogP contribution in [0.5, 0.6) is 11.5 Å². The van der Waals surface area contributed by atoms with Crippen molar-refractivity contribution in [3.63, 3.8) is 0 Å². The zero-order valence-electron chi connectivity index (χ0n) is 8.89. The summed E-state index contributed by atoms with van der Waals surface area (Å²) >= 11 is 0. The number of phenols is 1. The third-order valence-corrected chi connectivity index (χ3v) is 2.87. The van der Waals surface area contributed by atoms with E-state index >= 15 is 0 Å². The largest absolute Gasteiger partial charge is 0.505 e. The van der Waals surface area contributed by atoms with Gasteiger partial charge in [0.1, 0.15) is 0 Å². The summed E-state index contributed by atoms with van der Waals surface area (Å²) in [6.07, 6.45) is 0.729. The van der Waals surface area contributed by atoms with Crippen LogP contribution in [-0.2, 0) is 0 Å². The van der Waals surface area contributed by atoms with Crippen molar-refractivity contribution < 1.29 is 18.6 Å². The van der Waals surface area contributed by atoms with Gasteiger partial charge in [0.2, 0.25) is 0 Å². The second-order valence-corrected chi connectivity index (χ2v) is 3.83. The molecule has 2 N–H and O–H groups in total. The number of hydrogen-bond donors (Lipinski definition) is 2. The minimum atomic E-state index is -0.944. The van der Waals surface area contributed by atoms with Gasteiger partial charge in [0, 0.05) is 24.1 Å². The minimum absolute atomic E-state index is 0.0624. The number of methoxy groups -OCH3 is 1. The number of nitrogens with one attached hydrogen (secondary N) is 1. The maximum absolute atomic E-state index is 13.4. The highest BCUT2D eigenvalue weighted by molar-refractivity contribution is 5.48. The van der Waals surface area contributed by atoms with E-state index in [2.05, 4.69) is 5.32 Å². The number of halogens is 2. The Morgan fingerprint density at radius 3 is 2.75 bits per heavy atom. The molecule has 88 valence electrons. The summed E-state index contributed by atoms with van der Waals surface area (Å²) in [5, 5.41) is 12.7. The molecule has 1 atom stereocenters. The van der Waals surface area contributed by atoms with Gasteiger partial charge in [-0.15, -0.1) is 0 Å². The van der Waals surface area contributed by atoms with E-state index in [0.29, 0.717) is 12.6 Å². The number of rotatable bonds is 2. The Balaban J connectivity index is 2.54. The molecule has 0 bridgehead atoms. The van der Waals surface area contributed by atoms with Crippen molar-refractivity contribution in [3.8, 4) is 11.5 Å². The Labute approximate surface area is 92.0 Å². The highest BCUT2D eigenvalue weighted by Crippen LogP contribution is 2.40. The van der Waals surface area contributed by atoms with Crippen LogP contribution < -0.4 is 10.1 Å². The highest BCUT2D eigenvalue weighted by atomic mass is 19.1. The molecule has 5 heteroatoms. The summed E-state index contributed by atoms with van der Waals surface area (Å²) in [6.45, 7) is 1.36. The molecule has 0 saturated carbocycles. The fourth-order valence-corrected chi connectivity index (χ4v) is 2.10. The monoisotopic (exact) mass is 229 g/mol. The van der Waals surface area contributed by atoms with E-state index in [1.165, 1.54) is 7.11 Å². The van der Waals surface area contributed by atoms with E-state index in [4.69, 9.17) is 4.74 Å². The smallest absolute Gasteiger partial charge is 0.168 e. The van der Waals surface area contributed by atoms with Crippen LogP contribution in [0.4, 0.5) is 8.78 Å². The van der Waals surface area contributed by atoms with Gasteiger partial charge < -0.3 is 15.2 Å². The molecule has 1 heterocycles. The van der Waals surface area contributed by atoms with E-state index < -0.39 is 17.4 Å². The molecule has 1 aromatic rings. The quantitative estimate of drug-likeness (QED) is 0.811. The van der Waals surface area contributed by atoms with Gasteiger partial charge in [-0.05, 0) is 13.0 Å². The SMILES string of the molecule is COc1c(F)cc(F)c(O)c1C1CCNC1. The topological polar surface area (TPSA) is 41.5 Å². The maximum Gasteiger partial charge on any atom is 0.168 e. The zero-order chi connectivity index (χ0) is 11.7.